The van der Waals surface area contributed by atoms with Gasteiger partial charge in [-0.05, 0) is 24.1 Å². The van der Waals surface area contributed by atoms with Crippen LogP contribution >= 0.6 is 0 Å². The van der Waals surface area contributed by atoms with E-state index >= 15 is 0 Å². The van der Waals surface area contributed by atoms with Crippen molar-refractivity contribution in [3.63, 3.8) is 0 Å². The minimum absolute atomic E-state index is 0.175. The number of rotatable bonds is 17. The first kappa shape index (κ1) is 28.6. The molecule has 0 aliphatic carbocycles. The Morgan fingerprint density at radius 2 is 1.21 bits per heavy atom. The van der Waals surface area contributed by atoms with E-state index < -0.39 is 0 Å². The molecule has 4 heteroatoms. The predicted molar refractivity (Wildman–Crippen MR) is 162 cm³/mol. The van der Waals surface area contributed by atoms with Crippen LogP contribution in [0.25, 0.3) is 27.9 Å². The Kier molecular flexibility index (Phi) is 11.6. The topological polar surface area (TPSA) is 43.6 Å². The van der Waals surface area contributed by atoms with E-state index in [0.717, 1.165) is 40.7 Å². The first-order valence-corrected chi connectivity index (χ1v) is 15.1. The molecule has 0 spiro atoms. The Balaban J connectivity index is 1.32. The lowest BCUT2D eigenvalue weighted by Crippen LogP contribution is -2.08. The molecule has 39 heavy (non-hydrogen) atoms. The largest absolute Gasteiger partial charge is 0.423 e. The molecule has 0 amide bonds. The van der Waals surface area contributed by atoms with Crippen molar-refractivity contribution in [3.05, 3.63) is 79.0 Å². The maximum absolute atomic E-state index is 13.0. The number of carbonyl (C=O) groups is 1. The first-order chi connectivity index (χ1) is 19.3. The molecule has 2 aromatic heterocycles. The number of aromatic nitrogens is 2. The summed E-state index contributed by atoms with van der Waals surface area (Å²) in [6, 6.07) is 24.2. The Morgan fingerprint density at radius 1 is 0.667 bits per heavy atom. The van der Waals surface area contributed by atoms with Crippen molar-refractivity contribution >= 4 is 11.5 Å². The van der Waals surface area contributed by atoms with Gasteiger partial charge in [-0.25, -0.2) is 4.52 Å². The summed E-state index contributed by atoms with van der Waals surface area (Å²) in [7, 11) is 0. The molecule has 0 saturated heterocycles. The molecule has 4 nitrogen and oxygen atoms in total. The van der Waals surface area contributed by atoms with Crippen LogP contribution in [0.15, 0.2) is 79.0 Å². The summed E-state index contributed by atoms with van der Waals surface area (Å²) in [5, 5.41) is 4.64. The van der Waals surface area contributed by atoms with Gasteiger partial charge in [-0.15, -0.1) is 0 Å². The summed E-state index contributed by atoms with van der Waals surface area (Å²) in [5.74, 6) is 0.416. The van der Waals surface area contributed by atoms with Crippen molar-refractivity contribution in [2.75, 3.05) is 0 Å². The second-order valence-electron chi connectivity index (χ2n) is 10.6. The van der Waals surface area contributed by atoms with E-state index in [1.54, 1.807) is 6.20 Å². The van der Waals surface area contributed by atoms with Crippen LogP contribution in [0.1, 0.15) is 96.8 Å². The van der Waals surface area contributed by atoms with Gasteiger partial charge in [0.15, 0.2) is 5.75 Å². The molecule has 4 aromatic rings. The first-order valence-electron chi connectivity index (χ1n) is 15.1. The third kappa shape index (κ3) is 8.29. The van der Waals surface area contributed by atoms with E-state index in [0.29, 0.717) is 12.2 Å². The van der Waals surface area contributed by atoms with Crippen molar-refractivity contribution < 1.29 is 9.53 Å². The monoisotopic (exact) mass is 524 g/mol. The molecule has 4 rings (SSSR count). The third-order valence-corrected chi connectivity index (χ3v) is 7.47. The highest BCUT2D eigenvalue weighted by atomic mass is 16.5. The molecule has 0 fully saturated rings. The summed E-state index contributed by atoms with van der Waals surface area (Å²) in [6.07, 6.45) is 18.9. The SMILES string of the molecule is CCCCCCCCCCCCCCCC(=O)Oc1c(-c2ccccc2)c(-c2ccccc2)n2ncccc12. The van der Waals surface area contributed by atoms with Gasteiger partial charge >= 0.3 is 5.97 Å². The summed E-state index contributed by atoms with van der Waals surface area (Å²) >= 11 is 0. The minimum atomic E-state index is -0.175. The Hall–Kier alpha value is -3.40. The predicted octanol–water partition coefficient (Wildman–Crippen LogP) is 10.1. The van der Waals surface area contributed by atoms with Crippen molar-refractivity contribution in [3.8, 4) is 28.1 Å². The molecular formula is C35H44N2O2. The van der Waals surface area contributed by atoms with Crippen LogP contribution in [0.2, 0.25) is 0 Å². The fraction of sp³-hybridized carbons (Fsp3) is 0.429. The summed E-state index contributed by atoms with van der Waals surface area (Å²) in [4.78, 5) is 13.0. The van der Waals surface area contributed by atoms with E-state index in [2.05, 4.69) is 36.3 Å². The fourth-order valence-electron chi connectivity index (χ4n) is 5.35. The number of unbranched alkanes of at least 4 members (excludes halogenated alkanes) is 12. The zero-order valence-electron chi connectivity index (χ0n) is 23.6. The molecule has 0 unspecified atom stereocenters. The molecule has 0 aliphatic rings. The summed E-state index contributed by atoms with van der Waals surface area (Å²) in [6.45, 7) is 2.27. The number of carbonyl (C=O) groups excluding carboxylic acids is 1. The highest BCUT2D eigenvalue weighted by Crippen LogP contribution is 2.44. The molecule has 0 bridgehead atoms. The van der Waals surface area contributed by atoms with Crippen LogP contribution in [0.4, 0.5) is 0 Å². The normalized spacial score (nSPS) is 11.2. The number of fused-ring (bicyclic) bond motifs is 1. The average Bonchev–Trinajstić information content (AvgIpc) is 3.30. The van der Waals surface area contributed by atoms with Gasteiger partial charge in [-0.2, -0.15) is 5.10 Å². The van der Waals surface area contributed by atoms with Gasteiger partial charge in [0.2, 0.25) is 0 Å². The second-order valence-corrected chi connectivity index (χ2v) is 10.6. The lowest BCUT2D eigenvalue weighted by Gasteiger charge is -2.09. The van der Waals surface area contributed by atoms with Crippen molar-refractivity contribution in [2.45, 2.75) is 96.8 Å². The molecule has 206 valence electrons. The van der Waals surface area contributed by atoms with Gasteiger partial charge < -0.3 is 4.74 Å². The molecule has 0 radical (unpaired) electrons. The van der Waals surface area contributed by atoms with Crippen LogP contribution in [-0.2, 0) is 4.79 Å². The Morgan fingerprint density at radius 3 is 1.79 bits per heavy atom. The van der Waals surface area contributed by atoms with Gasteiger partial charge in [0, 0.05) is 18.2 Å². The van der Waals surface area contributed by atoms with Gasteiger partial charge in [-0.1, -0.05) is 145 Å². The quantitative estimate of drug-likeness (QED) is 0.102. The van der Waals surface area contributed by atoms with Gasteiger partial charge in [-0.3, -0.25) is 4.79 Å². The van der Waals surface area contributed by atoms with Crippen LogP contribution < -0.4 is 4.74 Å². The molecule has 0 atom stereocenters. The number of nitrogens with zero attached hydrogens (tertiary/aromatic N) is 2. The third-order valence-electron chi connectivity index (χ3n) is 7.47. The van der Waals surface area contributed by atoms with Crippen LogP contribution in [0.3, 0.4) is 0 Å². The highest BCUT2D eigenvalue weighted by molar-refractivity contribution is 5.95. The lowest BCUT2D eigenvalue weighted by atomic mass is 10.0. The molecular weight excluding hydrogens is 480 g/mol. The van der Waals surface area contributed by atoms with Crippen molar-refractivity contribution in [2.24, 2.45) is 0 Å². The van der Waals surface area contributed by atoms with Crippen LogP contribution in [-0.4, -0.2) is 15.6 Å². The van der Waals surface area contributed by atoms with Crippen molar-refractivity contribution in [1.82, 2.24) is 9.61 Å². The number of hydrogen-bond donors (Lipinski definition) is 0. The number of esters is 1. The van der Waals surface area contributed by atoms with Crippen molar-refractivity contribution in [1.29, 1.82) is 0 Å². The van der Waals surface area contributed by atoms with E-state index in [-0.39, 0.29) is 5.97 Å². The fourth-order valence-corrected chi connectivity index (χ4v) is 5.35. The Bertz CT molecular complexity index is 1260. The maximum Gasteiger partial charge on any atom is 0.311 e. The molecule has 0 saturated carbocycles. The summed E-state index contributed by atoms with van der Waals surface area (Å²) in [5.41, 5.74) is 4.67. The molecule has 2 heterocycles. The maximum atomic E-state index is 13.0. The molecule has 0 aliphatic heterocycles. The van der Waals surface area contributed by atoms with Crippen LogP contribution in [0.5, 0.6) is 5.75 Å². The van der Waals surface area contributed by atoms with E-state index in [1.165, 1.54) is 70.6 Å². The smallest absolute Gasteiger partial charge is 0.311 e. The standard InChI is InChI=1S/C35H44N2O2/c1-2-3-4-5-6-7-8-9-10-11-12-13-20-27-32(38)39-35-31-26-21-28-36-37(31)34(30-24-18-15-19-25-30)33(35)29-22-16-14-17-23-29/h14-19,21-26,28H,2-13,20,27H2,1H3. The highest BCUT2D eigenvalue weighted by Gasteiger charge is 2.24. The van der Waals surface area contributed by atoms with Gasteiger partial charge in [0.05, 0.1) is 11.3 Å². The van der Waals surface area contributed by atoms with Gasteiger partial charge in [0.25, 0.3) is 0 Å². The Labute approximate surface area is 234 Å². The average molecular weight is 525 g/mol. The van der Waals surface area contributed by atoms with Crippen LogP contribution in [0, 0.1) is 0 Å². The number of hydrogen-bond acceptors (Lipinski definition) is 3. The zero-order chi connectivity index (χ0) is 27.1. The summed E-state index contributed by atoms with van der Waals surface area (Å²) < 4.78 is 8.02. The second kappa shape index (κ2) is 15.9. The lowest BCUT2D eigenvalue weighted by molar-refractivity contribution is -0.134. The van der Waals surface area contributed by atoms with E-state index in [4.69, 9.17) is 4.74 Å². The van der Waals surface area contributed by atoms with E-state index in [1.807, 2.05) is 53.0 Å². The van der Waals surface area contributed by atoms with E-state index in [9.17, 15) is 4.79 Å². The minimum Gasteiger partial charge on any atom is -0.423 e. The zero-order valence-corrected chi connectivity index (χ0v) is 23.6. The number of ether oxygens (including phenoxy) is 1. The number of benzene rings is 2. The van der Waals surface area contributed by atoms with Gasteiger partial charge in [0.1, 0.15) is 5.52 Å². The molecule has 2 aromatic carbocycles. The molecule has 0 N–H and O–H groups in total.